The Hall–Kier alpha value is -4.15. The summed E-state index contributed by atoms with van der Waals surface area (Å²) in [7, 11) is 2.81. The van der Waals surface area contributed by atoms with Crippen LogP contribution >= 0.6 is 0 Å². The molecule has 11 nitrogen and oxygen atoms in total. The van der Waals surface area contributed by atoms with E-state index in [1.165, 1.54) is 34.6 Å². The van der Waals surface area contributed by atoms with E-state index in [1.807, 2.05) is 6.92 Å². The van der Waals surface area contributed by atoms with E-state index in [-0.39, 0.29) is 41.4 Å². The van der Waals surface area contributed by atoms with Crippen molar-refractivity contribution in [1.82, 2.24) is 23.1 Å². The lowest BCUT2D eigenvalue weighted by Gasteiger charge is -2.13. The number of hydrogen-bond acceptors (Lipinski definition) is 7. The van der Waals surface area contributed by atoms with Crippen molar-refractivity contribution in [3.63, 3.8) is 0 Å². The smallest absolute Gasteiger partial charge is 0.332 e. The van der Waals surface area contributed by atoms with Crippen LogP contribution in [0.4, 0.5) is 0 Å². The minimum absolute atomic E-state index is 0.00316. The molecule has 0 atom stereocenters. The summed E-state index contributed by atoms with van der Waals surface area (Å²) in [6.07, 6.45) is 0.881. The lowest BCUT2D eigenvalue weighted by atomic mass is 10.1. The van der Waals surface area contributed by atoms with Crippen LogP contribution in [0.2, 0.25) is 0 Å². The molecule has 0 unspecified atom stereocenters. The molecular weight excluding hydrogens is 430 g/mol. The van der Waals surface area contributed by atoms with E-state index in [9.17, 15) is 24.3 Å². The molecule has 1 aromatic carbocycles. The van der Waals surface area contributed by atoms with E-state index in [4.69, 9.17) is 4.74 Å². The number of rotatable bonds is 5. The van der Waals surface area contributed by atoms with E-state index >= 15 is 0 Å². The van der Waals surface area contributed by atoms with Gasteiger partial charge in [-0.1, -0.05) is 25.5 Å². The summed E-state index contributed by atoms with van der Waals surface area (Å²) in [5, 5.41) is 11.0. The van der Waals surface area contributed by atoms with Crippen molar-refractivity contribution in [2.45, 2.75) is 33.2 Å². The Balaban J connectivity index is 2.03. The largest absolute Gasteiger partial charge is 0.494 e. The fourth-order valence-electron chi connectivity index (χ4n) is 3.87. The van der Waals surface area contributed by atoms with Gasteiger partial charge in [0, 0.05) is 21.0 Å². The normalized spacial score (nSPS) is 11.4. The van der Waals surface area contributed by atoms with Crippen molar-refractivity contribution >= 4 is 22.9 Å². The van der Waals surface area contributed by atoms with Gasteiger partial charge in [0.1, 0.15) is 5.75 Å². The Morgan fingerprint density at radius 1 is 1.06 bits per heavy atom. The maximum Gasteiger partial charge on any atom is 0.332 e. The molecule has 0 bridgehead atoms. The van der Waals surface area contributed by atoms with Gasteiger partial charge in [-0.2, -0.15) is 4.98 Å². The molecular formula is C22H23N5O6. The third-order valence-corrected chi connectivity index (χ3v) is 5.49. The number of carbonyl (C=O) groups excluding carboxylic acids is 1. The highest BCUT2D eigenvalue weighted by atomic mass is 16.5. The first-order valence-electron chi connectivity index (χ1n) is 10.4. The molecule has 0 aliphatic heterocycles. The van der Waals surface area contributed by atoms with Crippen LogP contribution in [0.1, 0.15) is 31.4 Å². The van der Waals surface area contributed by atoms with E-state index in [0.717, 1.165) is 4.57 Å². The molecule has 3 heterocycles. The zero-order chi connectivity index (χ0) is 24.0. The highest BCUT2D eigenvalue weighted by Crippen LogP contribution is 2.23. The Labute approximate surface area is 186 Å². The van der Waals surface area contributed by atoms with Crippen LogP contribution < -0.4 is 21.5 Å². The summed E-state index contributed by atoms with van der Waals surface area (Å²) in [5.74, 6) is -0.405. The van der Waals surface area contributed by atoms with Gasteiger partial charge in [0.25, 0.3) is 11.1 Å². The van der Waals surface area contributed by atoms with E-state index in [0.29, 0.717) is 17.7 Å². The zero-order valence-corrected chi connectivity index (χ0v) is 18.7. The van der Waals surface area contributed by atoms with Crippen molar-refractivity contribution in [3.05, 3.63) is 66.6 Å². The van der Waals surface area contributed by atoms with E-state index in [2.05, 4.69) is 4.98 Å². The zero-order valence-electron chi connectivity index (χ0n) is 18.7. The van der Waals surface area contributed by atoms with Gasteiger partial charge in [-0.05, 0) is 24.1 Å². The van der Waals surface area contributed by atoms with Gasteiger partial charge in [0.05, 0.1) is 12.1 Å². The van der Waals surface area contributed by atoms with Crippen LogP contribution in [0, 0.1) is 0 Å². The van der Waals surface area contributed by atoms with Crippen LogP contribution in [0.15, 0.2) is 38.6 Å². The molecule has 0 saturated carbocycles. The second-order valence-electron chi connectivity index (χ2n) is 7.81. The number of hydrogen-bond donors (Lipinski definition) is 1. The Morgan fingerprint density at radius 2 is 1.73 bits per heavy atom. The number of ether oxygens (including phenoxy) is 1. The maximum absolute atomic E-state index is 13.3. The molecule has 3 aromatic heterocycles. The quantitative estimate of drug-likeness (QED) is 0.347. The van der Waals surface area contributed by atoms with Crippen molar-refractivity contribution in [1.29, 1.82) is 0 Å². The van der Waals surface area contributed by atoms with Gasteiger partial charge in [0.15, 0.2) is 11.2 Å². The highest BCUT2D eigenvalue weighted by molar-refractivity contribution is 5.76. The predicted molar refractivity (Wildman–Crippen MR) is 120 cm³/mol. The number of carbonyl (C=O) groups is 1. The van der Waals surface area contributed by atoms with Crippen LogP contribution in [0.5, 0.6) is 11.6 Å². The SMILES string of the molecule is CCCc1c(O)n2c3c(=O)n(C)c(=O)n(C)c3nc2n(Cc2ccc(OC(C)=O)cc2)c1=O. The van der Waals surface area contributed by atoms with E-state index in [1.54, 1.807) is 24.3 Å². The molecule has 4 aromatic rings. The van der Waals surface area contributed by atoms with Gasteiger partial charge >= 0.3 is 11.7 Å². The molecule has 0 radical (unpaired) electrons. The number of aromatic nitrogens is 5. The average Bonchev–Trinajstić information content (AvgIpc) is 3.18. The fraction of sp³-hybridized carbons (Fsp3) is 0.318. The minimum atomic E-state index is -0.630. The summed E-state index contributed by atoms with van der Waals surface area (Å²) in [5.41, 5.74) is -0.723. The molecule has 4 rings (SSSR count). The second-order valence-corrected chi connectivity index (χ2v) is 7.81. The van der Waals surface area contributed by atoms with Crippen molar-refractivity contribution in [2.75, 3.05) is 0 Å². The van der Waals surface area contributed by atoms with Gasteiger partial charge < -0.3 is 9.84 Å². The molecule has 0 aliphatic rings. The number of esters is 1. The number of fused-ring (bicyclic) bond motifs is 3. The first-order chi connectivity index (χ1) is 15.6. The molecule has 172 valence electrons. The summed E-state index contributed by atoms with van der Waals surface area (Å²) in [6, 6.07) is 6.61. The topological polar surface area (TPSA) is 130 Å². The summed E-state index contributed by atoms with van der Waals surface area (Å²) < 4.78 is 9.76. The number of imidazole rings is 1. The van der Waals surface area contributed by atoms with Crippen LogP contribution in [0.25, 0.3) is 16.9 Å². The first kappa shape index (κ1) is 22.1. The highest BCUT2D eigenvalue weighted by Gasteiger charge is 2.24. The molecule has 0 saturated heterocycles. The van der Waals surface area contributed by atoms with E-state index < -0.39 is 22.8 Å². The number of aryl methyl sites for hydroxylation is 1. The van der Waals surface area contributed by atoms with Crippen LogP contribution in [-0.4, -0.2) is 34.2 Å². The Bertz CT molecular complexity index is 1590. The predicted octanol–water partition coefficient (Wildman–Crippen LogP) is 0.678. The standard InChI is InChI=1S/C22H23N5O6/c1-5-6-15-18(29)26(11-13-7-9-14(10-8-13)33-12(2)28)21-23-17-16(27(21)19(15)30)20(31)25(4)22(32)24(17)3/h7-10,30H,5-6,11H2,1-4H3. The summed E-state index contributed by atoms with van der Waals surface area (Å²) in [6.45, 7) is 3.25. The van der Waals surface area contributed by atoms with Crippen molar-refractivity contribution in [2.24, 2.45) is 14.1 Å². The van der Waals surface area contributed by atoms with Gasteiger partial charge in [-0.3, -0.25) is 28.1 Å². The number of aromatic hydroxyl groups is 1. The lowest BCUT2D eigenvalue weighted by molar-refractivity contribution is -0.131. The molecule has 11 heteroatoms. The molecule has 0 spiro atoms. The molecule has 1 N–H and O–H groups in total. The second kappa shape index (κ2) is 8.08. The summed E-state index contributed by atoms with van der Waals surface area (Å²) >= 11 is 0. The Kier molecular flexibility index (Phi) is 5.40. The fourth-order valence-corrected chi connectivity index (χ4v) is 3.87. The Morgan fingerprint density at radius 3 is 2.33 bits per heavy atom. The van der Waals surface area contributed by atoms with Crippen LogP contribution in [0.3, 0.4) is 0 Å². The van der Waals surface area contributed by atoms with Gasteiger partial charge in [-0.25, -0.2) is 9.20 Å². The lowest BCUT2D eigenvalue weighted by Crippen LogP contribution is -2.37. The number of nitrogens with zero attached hydrogens (tertiary/aromatic N) is 5. The maximum atomic E-state index is 13.3. The summed E-state index contributed by atoms with van der Waals surface area (Å²) in [4.78, 5) is 54.2. The van der Waals surface area contributed by atoms with Crippen molar-refractivity contribution in [3.8, 4) is 11.6 Å². The van der Waals surface area contributed by atoms with Crippen LogP contribution in [-0.2, 0) is 31.9 Å². The monoisotopic (exact) mass is 453 g/mol. The van der Waals surface area contributed by atoms with Gasteiger partial charge in [-0.15, -0.1) is 0 Å². The third kappa shape index (κ3) is 3.51. The van der Waals surface area contributed by atoms with Gasteiger partial charge in [0.2, 0.25) is 11.7 Å². The molecule has 0 amide bonds. The van der Waals surface area contributed by atoms with Crippen molar-refractivity contribution < 1.29 is 14.6 Å². The third-order valence-electron chi connectivity index (χ3n) is 5.49. The average molecular weight is 453 g/mol. The molecule has 0 fully saturated rings. The minimum Gasteiger partial charge on any atom is -0.494 e. The number of benzene rings is 1. The first-order valence-corrected chi connectivity index (χ1v) is 10.4. The molecule has 0 aliphatic carbocycles. The molecule has 33 heavy (non-hydrogen) atoms.